The molecule has 2 atom stereocenters. The summed E-state index contributed by atoms with van der Waals surface area (Å²) in [7, 11) is 0. The molecular weight excluding hydrogens is 548 g/mol. The summed E-state index contributed by atoms with van der Waals surface area (Å²) in [6.07, 6.45) is 2.94. The molecule has 2 heterocycles. The van der Waals surface area contributed by atoms with Gasteiger partial charge in [-0.1, -0.05) is 97.9 Å². The second-order valence-corrected chi connectivity index (χ2v) is 12.4. The molecule has 0 amide bonds. The molecule has 44 heavy (non-hydrogen) atoms. The summed E-state index contributed by atoms with van der Waals surface area (Å²) in [5, 5.41) is 0. The Labute approximate surface area is 263 Å². The van der Waals surface area contributed by atoms with Crippen molar-refractivity contribution in [2.24, 2.45) is 0 Å². The number of benzene rings is 3. The molecule has 0 bridgehead atoms. The average molecular weight is 597 g/mol. The molecule has 3 aromatic rings. The van der Waals surface area contributed by atoms with Crippen LogP contribution in [-0.2, 0) is 29.9 Å². The van der Waals surface area contributed by atoms with Crippen LogP contribution in [0, 0.1) is 0 Å². The van der Waals surface area contributed by atoms with Crippen molar-refractivity contribution in [1.29, 1.82) is 0 Å². The van der Waals surface area contributed by atoms with E-state index in [1.807, 2.05) is 50.2 Å². The summed E-state index contributed by atoms with van der Waals surface area (Å²) in [6, 6.07) is 31.4. The Hall–Kier alpha value is -3.48. The minimum Gasteiger partial charge on any atom is -0.465 e. The van der Waals surface area contributed by atoms with Gasteiger partial charge in [-0.2, -0.15) is 0 Å². The Morgan fingerprint density at radius 3 is 1.50 bits per heavy atom. The van der Waals surface area contributed by atoms with Gasteiger partial charge >= 0.3 is 11.9 Å². The first-order chi connectivity index (χ1) is 21.4. The highest BCUT2D eigenvalue weighted by molar-refractivity contribution is 5.84. The van der Waals surface area contributed by atoms with Crippen LogP contribution in [0.15, 0.2) is 91.0 Å². The van der Waals surface area contributed by atoms with Gasteiger partial charge in [-0.25, -0.2) is 0 Å². The molecule has 2 fully saturated rings. The lowest BCUT2D eigenvalue weighted by Gasteiger charge is -2.47. The highest BCUT2D eigenvalue weighted by Crippen LogP contribution is 2.40. The van der Waals surface area contributed by atoms with Crippen molar-refractivity contribution in [3.8, 4) is 0 Å². The fraction of sp³-hybridized carbons (Fsp3) is 0.474. The standard InChI is InChI=1S/C38H48N2O4/c1-4-43-35(41)37(32-17-11-7-12-18-32)21-25-39(26-22-37)29-34(30(3)31-15-9-6-10-16-31)40-27-23-38(24-28-40,36(42)44-5-2)33-19-13-8-14-20-33/h6-20,30,34H,4-5,21-29H2,1-3H3. The Bertz CT molecular complexity index is 1330. The fourth-order valence-corrected chi connectivity index (χ4v) is 7.46. The summed E-state index contributed by atoms with van der Waals surface area (Å²) >= 11 is 0. The first kappa shape index (κ1) is 31.9. The van der Waals surface area contributed by atoms with Gasteiger partial charge in [0.1, 0.15) is 0 Å². The second-order valence-electron chi connectivity index (χ2n) is 12.4. The number of likely N-dealkylation sites (tertiary alicyclic amines) is 2. The predicted molar refractivity (Wildman–Crippen MR) is 175 cm³/mol. The molecule has 2 aliphatic heterocycles. The number of carbonyl (C=O) groups is 2. The van der Waals surface area contributed by atoms with Gasteiger partial charge in [-0.15, -0.1) is 0 Å². The van der Waals surface area contributed by atoms with E-state index in [-0.39, 0.29) is 18.0 Å². The molecule has 3 aromatic carbocycles. The molecule has 2 unspecified atom stereocenters. The van der Waals surface area contributed by atoms with E-state index in [0.717, 1.165) is 69.5 Å². The Balaban J connectivity index is 1.36. The van der Waals surface area contributed by atoms with Crippen molar-refractivity contribution in [1.82, 2.24) is 9.80 Å². The molecule has 6 nitrogen and oxygen atoms in total. The maximum atomic E-state index is 13.5. The summed E-state index contributed by atoms with van der Waals surface area (Å²) in [5.41, 5.74) is 2.21. The third-order valence-corrected chi connectivity index (χ3v) is 10.2. The van der Waals surface area contributed by atoms with Crippen LogP contribution in [0.3, 0.4) is 0 Å². The van der Waals surface area contributed by atoms with Gasteiger partial charge in [0, 0.05) is 12.6 Å². The van der Waals surface area contributed by atoms with Gasteiger partial charge in [0.15, 0.2) is 0 Å². The van der Waals surface area contributed by atoms with Crippen molar-refractivity contribution < 1.29 is 19.1 Å². The third-order valence-electron chi connectivity index (χ3n) is 10.2. The smallest absolute Gasteiger partial charge is 0.316 e. The normalized spacial score (nSPS) is 19.9. The zero-order chi connectivity index (χ0) is 31.0. The molecule has 0 aliphatic carbocycles. The quantitative estimate of drug-likeness (QED) is 0.241. The molecule has 2 saturated heterocycles. The molecular formula is C38H48N2O4. The molecule has 6 heteroatoms. The van der Waals surface area contributed by atoms with Gasteiger partial charge in [-0.05, 0) is 88.3 Å². The fourth-order valence-electron chi connectivity index (χ4n) is 7.46. The number of carbonyl (C=O) groups excluding carboxylic acids is 2. The van der Waals surface area contributed by atoms with Gasteiger partial charge < -0.3 is 14.4 Å². The topological polar surface area (TPSA) is 59.1 Å². The lowest BCUT2D eigenvalue weighted by Crippen LogP contribution is -2.56. The van der Waals surface area contributed by atoms with E-state index in [4.69, 9.17) is 9.47 Å². The summed E-state index contributed by atoms with van der Waals surface area (Å²) in [5.74, 6) is 0.0898. The Kier molecular flexibility index (Phi) is 10.5. The average Bonchev–Trinajstić information content (AvgIpc) is 3.08. The lowest BCUT2D eigenvalue weighted by molar-refractivity contribution is -0.154. The van der Waals surface area contributed by atoms with Crippen molar-refractivity contribution in [3.63, 3.8) is 0 Å². The predicted octanol–water partition coefficient (Wildman–Crippen LogP) is 6.35. The number of hydrogen-bond donors (Lipinski definition) is 0. The van der Waals surface area contributed by atoms with Gasteiger partial charge in [-0.3, -0.25) is 14.5 Å². The van der Waals surface area contributed by atoms with E-state index in [1.54, 1.807) is 0 Å². The number of rotatable bonds is 11. The zero-order valence-electron chi connectivity index (χ0n) is 26.6. The van der Waals surface area contributed by atoms with Gasteiger partial charge in [0.25, 0.3) is 0 Å². The highest BCUT2D eigenvalue weighted by atomic mass is 16.5. The molecule has 0 spiro atoms. The minimum absolute atomic E-state index is 0.104. The van der Waals surface area contributed by atoms with Crippen LogP contribution in [0.4, 0.5) is 0 Å². The van der Waals surface area contributed by atoms with E-state index in [1.165, 1.54) is 5.56 Å². The van der Waals surface area contributed by atoms with Crippen LogP contribution in [0.1, 0.15) is 69.1 Å². The van der Waals surface area contributed by atoms with Crippen molar-refractivity contribution in [2.45, 2.75) is 69.2 Å². The molecule has 5 rings (SSSR count). The summed E-state index contributed by atoms with van der Waals surface area (Å²) in [4.78, 5) is 32.0. The van der Waals surface area contributed by atoms with Crippen LogP contribution < -0.4 is 0 Å². The van der Waals surface area contributed by atoms with Crippen LogP contribution in [0.5, 0.6) is 0 Å². The minimum atomic E-state index is -0.617. The maximum absolute atomic E-state index is 13.5. The molecule has 0 radical (unpaired) electrons. The SMILES string of the molecule is CCOC(=O)C1(c2ccccc2)CCN(CC(C(C)c2ccccc2)N2CCC(C(=O)OCC)(c3ccccc3)CC2)CC1. The van der Waals surface area contributed by atoms with Crippen molar-refractivity contribution in [3.05, 3.63) is 108 Å². The largest absolute Gasteiger partial charge is 0.465 e. The second kappa shape index (κ2) is 14.5. The molecule has 0 saturated carbocycles. The number of nitrogens with zero attached hydrogens (tertiary/aromatic N) is 2. The van der Waals surface area contributed by atoms with Gasteiger partial charge in [0.2, 0.25) is 0 Å². The van der Waals surface area contributed by atoms with Crippen molar-refractivity contribution in [2.75, 3.05) is 45.9 Å². The molecule has 0 N–H and O–H groups in total. The molecule has 234 valence electrons. The molecule has 0 aromatic heterocycles. The number of ether oxygens (including phenoxy) is 2. The zero-order valence-corrected chi connectivity index (χ0v) is 26.6. The number of piperidine rings is 2. The van der Waals surface area contributed by atoms with Gasteiger partial charge in [0.05, 0.1) is 24.0 Å². The van der Waals surface area contributed by atoms with Crippen LogP contribution in [0.25, 0.3) is 0 Å². The highest BCUT2D eigenvalue weighted by Gasteiger charge is 2.47. The summed E-state index contributed by atoms with van der Waals surface area (Å²) in [6.45, 7) is 11.1. The first-order valence-corrected chi connectivity index (χ1v) is 16.4. The van der Waals surface area contributed by atoms with E-state index in [9.17, 15) is 9.59 Å². The van der Waals surface area contributed by atoms with Crippen LogP contribution in [-0.4, -0.2) is 73.7 Å². The third kappa shape index (κ3) is 6.62. The monoisotopic (exact) mass is 596 g/mol. The Morgan fingerprint density at radius 1 is 0.659 bits per heavy atom. The maximum Gasteiger partial charge on any atom is 0.316 e. The number of esters is 2. The number of hydrogen-bond acceptors (Lipinski definition) is 6. The van der Waals surface area contributed by atoms with E-state index >= 15 is 0 Å². The molecule has 2 aliphatic rings. The van der Waals surface area contributed by atoms with E-state index in [2.05, 4.69) is 71.3 Å². The van der Waals surface area contributed by atoms with E-state index in [0.29, 0.717) is 19.1 Å². The van der Waals surface area contributed by atoms with Crippen molar-refractivity contribution >= 4 is 11.9 Å². The lowest BCUT2D eigenvalue weighted by atomic mass is 9.71. The van der Waals surface area contributed by atoms with E-state index < -0.39 is 10.8 Å². The van der Waals surface area contributed by atoms with Crippen LogP contribution in [0.2, 0.25) is 0 Å². The summed E-state index contributed by atoms with van der Waals surface area (Å²) < 4.78 is 11.3. The van der Waals surface area contributed by atoms with Crippen LogP contribution >= 0.6 is 0 Å². The first-order valence-electron chi connectivity index (χ1n) is 16.4. The Morgan fingerprint density at radius 2 is 1.07 bits per heavy atom.